The molecule has 0 aromatic rings. The molecular formula is C12H24N2O4. The Hall–Kier alpha value is -1.30. The number of amides is 2. The van der Waals surface area contributed by atoms with Crippen molar-refractivity contribution >= 4 is 12.0 Å². The third kappa shape index (κ3) is 8.81. The van der Waals surface area contributed by atoms with Gasteiger partial charge in [0.05, 0.1) is 6.42 Å². The van der Waals surface area contributed by atoms with Crippen LogP contribution < -0.4 is 10.6 Å². The lowest BCUT2D eigenvalue weighted by Gasteiger charge is -2.20. The lowest BCUT2D eigenvalue weighted by atomic mass is 10.0. The van der Waals surface area contributed by atoms with E-state index in [0.29, 0.717) is 13.2 Å². The number of hydrogen-bond acceptors (Lipinski definition) is 3. The van der Waals surface area contributed by atoms with Crippen LogP contribution in [0.25, 0.3) is 0 Å². The summed E-state index contributed by atoms with van der Waals surface area (Å²) in [5.74, 6) is -0.825. The SMILES string of the molecule is COCCCCNC(=O)NC(CC(=O)O)C(C)C. The van der Waals surface area contributed by atoms with Crippen molar-refractivity contribution < 1.29 is 19.4 Å². The van der Waals surface area contributed by atoms with Gasteiger partial charge in [-0.25, -0.2) is 4.79 Å². The summed E-state index contributed by atoms with van der Waals surface area (Å²) >= 11 is 0. The average Bonchev–Trinajstić information content (AvgIpc) is 2.27. The molecule has 0 spiro atoms. The Morgan fingerprint density at radius 3 is 2.44 bits per heavy atom. The molecule has 0 aliphatic rings. The number of carbonyl (C=O) groups is 2. The van der Waals surface area contributed by atoms with Crippen LogP contribution in [-0.2, 0) is 9.53 Å². The molecule has 0 aromatic heterocycles. The monoisotopic (exact) mass is 260 g/mol. The lowest BCUT2D eigenvalue weighted by molar-refractivity contribution is -0.137. The van der Waals surface area contributed by atoms with Gasteiger partial charge >= 0.3 is 12.0 Å². The summed E-state index contributed by atoms with van der Waals surface area (Å²) in [6.45, 7) is 5.00. The standard InChI is InChI=1S/C12H24N2O4/c1-9(2)10(8-11(15)16)14-12(17)13-6-4-5-7-18-3/h9-10H,4-8H2,1-3H3,(H,15,16)(H2,13,14,17). The van der Waals surface area contributed by atoms with Gasteiger partial charge in [-0.05, 0) is 18.8 Å². The molecule has 0 rings (SSSR count). The first-order chi connectivity index (χ1) is 8.47. The molecule has 0 aliphatic heterocycles. The van der Waals surface area contributed by atoms with Gasteiger partial charge in [0.1, 0.15) is 0 Å². The molecule has 0 heterocycles. The summed E-state index contributed by atoms with van der Waals surface area (Å²) in [6.07, 6.45) is 1.67. The number of rotatable bonds is 9. The molecular weight excluding hydrogens is 236 g/mol. The number of urea groups is 1. The molecule has 6 nitrogen and oxygen atoms in total. The van der Waals surface area contributed by atoms with E-state index in [2.05, 4.69) is 10.6 Å². The van der Waals surface area contributed by atoms with Gasteiger partial charge in [0.25, 0.3) is 0 Å². The number of carbonyl (C=O) groups excluding carboxylic acids is 1. The van der Waals surface area contributed by atoms with Crippen molar-refractivity contribution in [2.75, 3.05) is 20.3 Å². The van der Waals surface area contributed by atoms with Crippen molar-refractivity contribution in [3.63, 3.8) is 0 Å². The summed E-state index contributed by atoms with van der Waals surface area (Å²) in [5.41, 5.74) is 0. The summed E-state index contributed by atoms with van der Waals surface area (Å²) < 4.78 is 4.90. The highest BCUT2D eigenvalue weighted by atomic mass is 16.5. The third-order valence-electron chi connectivity index (χ3n) is 2.58. The molecule has 0 aromatic carbocycles. The number of methoxy groups -OCH3 is 1. The Bertz CT molecular complexity index is 256. The maximum Gasteiger partial charge on any atom is 0.315 e. The molecule has 0 aliphatic carbocycles. The van der Waals surface area contributed by atoms with E-state index in [1.54, 1.807) is 7.11 Å². The van der Waals surface area contributed by atoms with E-state index in [-0.39, 0.29) is 24.4 Å². The second-order valence-electron chi connectivity index (χ2n) is 4.55. The van der Waals surface area contributed by atoms with Gasteiger partial charge in [-0.2, -0.15) is 0 Å². The Labute approximate surface area is 108 Å². The number of unbranched alkanes of at least 4 members (excludes halogenated alkanes) is 1. The van der Waals surface area contributed by atoms with Gasteiger partial charge in [0, 0.05) is 26.3 Å². The summed E-state index contributed by atoms with van der Waals surface area (Å²) in [6, 6.07) is -0.658. The van der Waals surface area contributed by atoms with Crippen molar-refractivity contribution in [2.24, 2.45) is 5.92 Å². The molecule has 0 radical (unpaired) electrons. The molecule has 18 heavy (non-hydrogen) atoms. The third-order valence-corrected chi connectivity index (χ3v) is 2.58. The molecule has 0 bridgehead atoms. The molecule has 0 saturated heterocycles. The minimum Gasteiger partial charge on any atom is -0.481 e. The predicted octanol–water partition coefficient (Wildman–Crippen LogP) is 1.21. The van der Waals surface area contributed by atoms with Gasteiger partial charge in [0.15, 0.2) is 0 Å². The lowest BCUT2D eigenvalue weighted by Crippen LogP contribution is -2.45. The zero-order valence-corrected chi connectivity index (χ0v) is 11.4. The van der Waals surface area contributed by atoms with Crippen molar-refractivity contribution in [1.29, 1.82) is 0 Å². The van der Waals surface area contributed by atoms with Crippen LogP contribution >= 0.6 is 0 Å². The van der Waals surface area contributed by atoms with Crippen LogP contribution in [0.5, 0.6) is 0 Å². The van der Waals surface area contributed by atoms with Crippen molar-refractivity contribution in [1.82, 2.24) is 10.6 Å². The van der Waals surface area contributed by atoms with Crippen molar-refractivity contribution in [3.8, 4) is 0 Å². The maximum atomic E-state index is 11.5. The van der Waals surface area contributed by atoms with Gasteiger partial charge in [-0.1, -0.05) is 13.8 Å². The van der Waals surface area contributed by atoms with Crippen LogP contribution in [0.1, 0.15) is 33.1 Å². The molecule has 1 atom stereocenters. The number of carboxylic acid groups (broad SMARTS) is 1. The largest absolute Gasteiger partial charge is 0.481 e. The van der Waals surface area contributed by atoms with E-state index in [4.69, 9.17) is 9.84 Å². The van der Waals surface area contributed by atoms with E-state index in [1.165, 1.54) is 0 Å². The smallest absolute Gasteiger partial charge is 0.315 e. The van der Waals surface area contributed by atoms with Crippen LogP contribution in [0.2, 0.25) is 0 Å². The van der Waals surface area contributed by atoms with Gasteiger partial charge in [-0.3, -0.25) is 4.79 Å². The Kier molecular flexibility index (Phi) is 9.00. The molecule has 6 heteroatoms. The maximum absolute atomic E-state index is 11.5. The van der Waals surface area contributed by atoms with Crippen molar-refractivity contribution in [2.45, 2.75) is 39.2 Å². The average molecular weight is 260 g/mol. The predicted molar refractivity (Wildman–Crippen MR) is 68.5 cm³/mol. The zero-order valence-electron chi connectivity index (χ0n) is 11.4. The summed E-state index contributed by atoms with van der Waals surface area (Å²) in [5, 5.41) is 14.1. The van der Waals surface area contributed by atoms with Gasteiger partial charge in [0.2, 0.25) is 0 Å². The normalized spacial score (nSPS) is 12.2. The van der Waals surface area contributed by atoms with Gasteiger partial charge < -0.3 is 20.5 Å². The Morgan fingerprint density at radius 1 is 1.28 bits per heavy atom. The first-order valence-electron chi connectivity index (χ1n) is 6.22. The Balaban J connectivity index is 3.84. The van der Waals surface area contributed by atoms with Crippen LogP contribution in [-0.4, -0.2) is 43.4 Å². The highest BCUT2D eigenvalue weighted by Crippen LogP contribution is 2.05. The van der Waals surface area contributed by atoms with Crippen molar-refractivity contribution in [3.05, 3.63) is 0 Å². The second kappa shape index (κ2) is 9.70. The Morgan fingerprint density at radius 2 is 1.94 bits per heavy atom. The minimum atomic E-state index is -0.908. The van der Waals surface area contributed by atoms with E-state index >= 15 is 0 Å². The first-order valence-corrected chi connectivity index (χ1v) is 6.22. The van der Waals surface area contributed by atoms with Crippen LogP contribution in [0.15, 0.2) is 0 Å². The summed E-state index contributed by atoms with van der Waals surface area (Å²) in [7, 11) is 1.64. The molecule has 1 unspecified atom stereocenters. The van der Waals surface area contributed by atoms with E-state index in [1.807, 2.05) is 13.8 Å². The van der Waals surface area contributed by atoms with Gasteiger partial charge in [-0.15, -0.1) is 0 Å². The van der Waals surface area contributed by atoms with Crippen LogP contribution in [0, 0.1) is 5.92 Å². The number of carboxylic acids is 1. The number of nitrogens with one attached hydrogen (secondary N) is 2. The fraction of sp³-hybridized carbons (Fsp3) is 0.833. The fourth-order valence-electron chi connectivity index (χ4n) is 1.43. The topological polar surface area (TPSA) is 87.7 Å². The molecule has 2 amide bonds. The molecule has 0 fully saturated rings. The first kappa shape index (κ1) is 16.7. The summed E-state index contributed by atoms with van der Waals surface area (Å²) in [4.78, 5) is 22.2. The van der Waals surface area contributed by atoms with E-state index < -0.39 is 5.97 Å². The highest BCUT2D eigenvalue weighted by molar-refractivity contribution is 5.75. The number of hydrogen-bond donors (Lipinski definition) is 3. The van der Waals surface area contributed by atoms with E-state index in [0.717, 1.165) is 12.8 Å². The molecule has 3 N–H and O–H groups in total. The minimum absolute atomic E-state index is 0.0608. The van der Waals surface area contributed by atoms with Crippen LogP contribution in [0.4, 0.5) is 4.79 Å². The second-order valence-corrected chi connectivity index (χ2v) is 4.55. The number of ether oxygens (including phenoxy) is 1. The number of aliphatic carboxylic acids is 1. The molecule has 0 saturated carbocycles. The molecule has 106 valence electrons. The van der Waals surface area contributed by atoms with E-state index in [9.17, 15) is 9.59 Å². The quantitative estimate of drug-likeness (QED) is 0.544. The zero-order chi connectivity index (χ0) is 14.0. The highest BCUT2D eigenvalue weighted by Gasteiger charge is 2.18. The fourth-order valence-corrected chi connectivity index (χ4v) is 1.43. The van der Waals surface area contributed by atoms with Crippen LogP contribution in [0.3, 0.4) is 0 Å².